The first-order valence-electron chi connectivity index (χ1n) is 7.11. The molecule has 4 atom stereocenters. The van der Waals surface area contributed by atoms with Crippen LogP contribution >= 0.6 is 0 Å². The summed E-state index contributed by atoms with van der Waals surface area (Å²) in [7, 11) is 0. The molecule has 1 unspecified atom stereocenters. The quantitative estimate of drug-likeness (QED) is 0.902. The van der Waals surface area contributed by atoms with E-state index in [-0.39, 0.29) is 18.4 Å². The van der Waals surface area contributed by atoms with E-state index in [9.17, 15) is 0 Å². The van der Waals surface area contributed by atoms with Crippen LogP contribution in [-0.2, 0) is 4.74 Å². The second kappa shape index (κ2) is 4.79. The molecule has 108 valence electrons. The molecule has 0 amide bonds. The van der Waals surface area contributed by atoms with Gasteiger partial charge in [-0.05, 0) is 20.3 Å². The summed E-state index contributed by atoms with van der Waals surface area (Å²) in [6, 6.07) is -0.0482. The maximum absolute atomic E-state index is 6.33. The summed E-state index contributed by atoms with van der Waals surface area (Å²) in [5.74, 6) is 1.06. The third kappa shape index (κ3) is 1.91. The molecular formula is C14H21N5O. The number of imidazole rings is 1. The van der Waals surface area contributed by atoms with Crippen molar-refractivity contribution in [1.29, 1.82) is 0 Å². The highest BCUT2D eigenvalue weighted by molar-refractivity contribution is 5.73. The molecule has 0 spiro atoms. The second-order valence-electron chi connectivity index (χ2n) is 5.59. The predicted molar refractivity (Wildman–Crippen MR) is 76.1 cm³/mol. The monoisotopic (exact) mass is 275 g/mol. The number of ether oxygens (including phenoxy) is 1. The van der Waals surface area contributed by atoms with E-state index in [0.717, 1.165) is 29.1 Å². The van der Waals surface area contributed by atoms with Gasteiger partial charge in [0.05, 0.1) is 24.2 Å². The maximum Gasteiger partial charge on any atom is 0.165 e. The number of rotatable bonds is 2. The Morgan fingerprint density at radius 3 is 2.75 bits per heavy atom. The fourth-order valence-corrected chi connectivity index (χ4v) is 3.00. The fourth-order valence-electron chi connectivity index (χ4n) is 3.00. The minimum Gasteiger partial charge on any atom is -0.353 e. The average molecular weight is 275 g/mol. The molecular weight excluding hydrogens is 254 g/mol. The van der Waals surface area contributed by atoms with Crippen molar-refractivity contribution in [3.05, 3.63) is 17.8 Å². The lowest BCUT2D eigenvalue weighted by molar-refractivity contribution is -0.00630. The lowest BCUT2D eigenvalue weighted by atomic mass is 9.97. The SMILES string of the molecule is CC[C@H]1O[C@@H](n2cnc3c(C)nc(C)nc32)[C@@H](N)C1C. The van der Waals surface area contributed by atoms with E-state index in [1.807, 2.05) is 18.4 Å². The van der Waals surface area contributed by atoms with Gasteiger partial charge >= 0.3 is 0 Å². The zero-order chi connectivity index (χ0) is 14.4. The van der Waals surface area contributed by atoms with E-state index < -0.39 is 0 Å². The first kappa shape index (κ1) is 13.5. The van der Waals surface area contributed by atoms with Gasteiger partial charge in [0.25, 0.3) is 0 Å². The van der Waals surface area contributed by atoms with Crippen molar-refractivity contribution in [2.45, 2.75) is 52.5 Å². The third-order valence-electron chi connectivity index (χ3n) is 4.22. The Kier molecular flexibility index (Phi) is 3.22. The molecule has 1 fully saturated rings. The molecule has 2 aromatic heterocycles. The van der Waals surface area contributed by atoms with E-state index in [2.05, 4.69) is 28.8 Å². The summed E-state index contributed by atoms with van der Waals surface area (Å²) in [5.41, 5.74) is 8.84. The van der Waals surface area contributed by atoms with Crippen molar-refractivity contribution in [2.24, 2.45) is 11.7 Å². The molecule has 3 heterocycles. The first-order chi connectivity index (χ1) is 9.52. The zero-order valence-corrected chi connectivity index (χ0v) is 12.4. The van der Waals surface area contributed by atoms with Crippen molar-refractivity contribution in [3.8, 4) is 0 Å². The number of nitrogens with zero attached hydrogens (tertiary/aromatic N) is 4. The van der Waals surface area contributed by atoms with Gasteiger partial charge in [0.2, 0.25) is 0 Å². The predicted octanol–water partition coefficient (Wildman–Crippen LogP) is 1.71. The number of nitrogens with two attached hydrogens (primary N) is 1. The van der Waals surface area contributed by atoms with Crippen LogP contribution in [0.1, 0.15) is 38.0 Å². The molecule has 0 aromatic carbocycles. The Morgan fingerprint density at radius 2 is 2.10 bits per heavy atom. The number of aryl methyl sites for hydroxylation is 2. The van der Waals surface area contributed by atoms with Gasteiger partial charge in [-0.15, -0.1) is 0 Å². The van der Waals surface area contributed by atoms with Crippen LogP contribution in [0.25, 0.3) is 11.2 Å². The van der Waals surface area contributed by atoms with Crippen LogP contribution in [-0.4, -0.2) is 31.7 Å². The largest absolute Gasteiger partial charge is 0.353 e. The van der Waals surface area contributed by atoms with Gasteiger partial charge in [0, 0.05) is 5.92 Å². The van der Waals surface area contributed by atoms with Crippen LogP contribution in [0.2, 0.25) is 0 Å². The van der Waals surface area contributed by atoms with Crippen LogP contribution in [0.5, 0.6) is 0 Å². The van der Waals surface area contributed by atoms with Crippen LogP contribution < -0.4 is 5.73 Å². The number of hydrogen-bond acceptors (Lipinski definition) is 5. The van der Waals surface area contributed by atoms with E-state index in [0.29, 0.717) is 5.92 Å². The molecule has 6 heteroatoms. The molecule has 0 saturated carbocycles. The highest BCUT2D eigenvalue weighted by Gasteiger charge is 2.40. The third-order valence-corrected chi connectivity index (χ3v) is 4.22. The van der Waals surface area contributed by atoms with Crippen LogP contribution in [0.3, 0.4) is 0 Å². The molecule has 0 bridgehead atoms. The maximum atomic E-state index is 6.33. The summed E-state index contributed by atoms with van der Waals surface area (Å²) in [6.07, 6.45) is 2.72. The van der Waals surface area contributed by atoms with Gasteiger partial charge in [-0.1, -0.05) is 13.8 Å². The van der Waals surface area contributed by atoms with Crippen LogP contribution in [0.15, 0.2) is 6.33 Å². The highest BCUT2D eigenvalue weighted by atomic mass is 16.5. The Labute approximate surface area is 118 Å². The number of hydrogen-bond donors (Lipinski definition) is 1. The zero-order valence-electron chi connectivity index (χ0n) is 12.4. The molecule has 2 N–H and O–H groups in total. The molecule has 1 saturated heterocycles. The summed E-state index contributed by atoms with van der Waals surface area (Å²) in [4.78, 5) is 13.3. The smallest absolute Gasteiger partial charge is 0.165 e. The van der Waals surface area contributed by atoms with Gasteiger partial charge in [-0.3, -0.25) is 4.57 Å². The fraction of sp³-hybridized carbons (Fsp3) is 0.643. The molecule has 0 radical (unpaired) electrons. The summed E-state index contributed by atoms with van der Waals surface area (Å²) >= 11 is 0. The van der Waals surface area contributed by atoms with E-state index in [1.165, 1.54) is 0 Å². The Bertz CT molecular complexity index is 638. The molecule has 1 aliphatic rings. The highest BCUT2D eigenvalue weighted by Crippen LogP contribution is 2.35. The molecule has 0 aliphatic carbocycles. The van der Waals surface area contributed by atoms with Crippen molar-refractivity contribution in [1.82, 2.24) is 19.5 Å². The second-order valence-corrected chi connectivity index (χ2v) is 5.59. The Balaban J connectivity index is 2.07. The Hall–Kier alpha value is -1.53. The van der Waals surface area contributed by atoms with E-state index in [1.54, 1.807) is 6.33 Å². The minimum atomic E-state index is -0.200. The van der Waals surface area contributed by atoms with Gasteiger partial charge in [0.15, 0.2) is 11.9 Å². The summed E-state index contributed by atoms with van der Waals surface area (Å²) in [6.45, 7) is 8.10. The van der Waals surface area contributed by atoms with Crippen LogP contribution in [0, 0.1) is 19.8 Å². The molecule has 3 rings (SSSR count). The van der Waals surface area contributed by atoms with Gasteiger partial charge < -0.3 is 10.5 Å². The van der Waals surface area contributed by atoms with Crippen molar-refractivity contribution in [2.75, 3.05) is 0 Å². The van der Waals surface area contributed by atoms with Crippen molar-refractivity contribution >= 4 is 11.2 Å². The van der Waals surface area contributed by atoms with Crippen molar-refractivity contribution < 1.29 is 4.74 Å². The summed E-state index contributed by atoms with van der Waals surface area (Å²) in [5, 5.41) is 0. The van der Waals surface area contributed by atoms with E-state index >= 15 is 0 Å². The average Bonchev–Trinajstić information content (AvgIpc) is 2.93. The standard InChI is InChI=1S/C14H21N5O/c1-5-10-7(2)11(15)14(20-10)19-6-16-12-8(3)17-9(4)18-13(12)19/h6-7,10-11,14H,5,15H2,1-4H3/t7?,10-,11+,14-/m1/s1. The topological polar surface area (TPSA) is 78.8 Å². The first-order valence-corrected chi connectivity index (χ1v) is 7.11. The molecule has 1 aliphatic heterocycles. The summed E-state index contributed by atoms with van der Waals surface area (Å²) < 4.78 is 8.06. The lowest BCUT2D eigenvalue weighted by Gasteiger charge is -2.18. The molecule has 6 nitrogen and oxygen atoms in total. The van der Waals surface area contributed by atoms with Gasteiger partial charge in [-0.25, -0.2) is 15.0 Å². The molecule has 20 heavy (non-hydrogen) atoms. The minimum absolute atomic E-state index is 0.0482. The normalized spacial score (nSPS) is 30.2. The van der Waals surface area contributed by atoms with E-state index in [4.69, 9.17) is 10.5 Å². The van der Waals surface area contributed by atoms with Crippen molar-refractivity contribution in [3.63, 3.8) is 0 Å². The number of fused-ring (bicyclic) bond motifs is 1. The van der Waals surface area contributed by atoms with Gasteiger partial charge in [-0.2, -0.15) is 0 Å². The van der Waals surface area contributed by atoms with Crippen LogP contribution in [0.4, 0.5) is 0 Å². The van der Waals surface area contributed by atoms with Gasteiger partial charge in [0.1, 0.15) is 11.3 Å². The lowest BCUT2D eigenvalue weighted by Crippen LogP contribution is -2.33. The number of aromatic nitrogens is 4. The molecule has 2 aromatic rings. The Morgan fingerprint density at radius 1 is 1.35 bits per heavy atom.